The Morgan fingerprint density at radius 1 is 1.44 bits per heavy atom. The van der Waals surface area contributed by atoms with Gasteiger partial charge in [0.05, 0.1) is 28.2 Å². The van der Waals surface area contributed by atoms with Crippen LogP contribution in [0, 0.1) is 3.57 Å². The molecule has 0 unspecified atom stereocenters. The summed E-state index contributed by atoms with van der Waals surface area (Å²) in [6.45, 7) is 2.73. The van der Waals surface area contributed by atoms with Crippen LogP contribution in [0.1, 0.15) is 11.4 Å². The third-order valence-corrected chi connectivity index (χ3v) is 5.16. The molecule has 0 fully saturated rings. The molecular weight excluding hydrogens is 369 g/mol. The normalized spacial score (nSPS) is 16.8. The van der Waals surface area contributed by atoms with Crippen LogP contribution in [0.25, 0.3) is 0 Å². The van der Waals surface area contributed by atoms with Gasteiger partial charge in [-0.05, 0) is 22.6 Å². The van der Waals surface area contributed by atoms with Gasteiger partial charge in [0.1, 0.15) is 15.5 Å². The van der Waals surface area contributed by atoms with Crippen LogP contribution in [0.2, 0.25) is 0 Å². The number of rotatable bonds is 4. The first-order valence-electron chi connectivity index (χ1n) is 5.65. The van der Waals surface area contributed by atoms with E-state index < -0.39 is 9.84 Å². The lowest BCUT2D eigenvalue weighted by molar-refractivity contribution is 0.223. The van der Waals surface area contributed by atoms with Gasteiger partial charge in [0.2, 0.25) is 0 Å². The zero-order valence-electron chi connectivity index (χ0n) is 10.1. The van der Waals surface area contributed by atoms with Crippen molar-refractivity contribution >= 4 is 32.4 Å². The minimum absolute atomic E-state index is 0.0540. The maximum absolute atomic E-state index is 11.2. The van der Waals surface area contributed by atoms with Gasteiger partial charge in [-0.15, -0.1) is 0 Å². The third kappa shape index (κ3) is 3.22. The van der Waals surface area contributed by atoms with Crippen LogP contribution in [0.15, 0.2) is 0 Å². The maximum atomic E-state index is 11.2. The second kappa shape index (κ2) is 5.43. The van der Waals surface area contributed by atoms with Crippen molar-refractivity contribution in [1.29, 1.82) is 0 Å². The molecule has 1 aliphatic rings. The van der Waals surface area contributed by atoms with Gasteiger partial charge in [-0.1, -0.05) is 0 Å². The fourth-order valence-electron chi connectivity index (χ4n) is 1.98. The van der Waals surface area contributed by atoms with Crippen molar-refractivity contribution in [3.05, 3.63) is 15.0 Å². The molecule has 1 aromatic heterocycles. The summed E-state index contributed by atoms with van der Waals surface area (Å²) in [5.41, 5.74) is 1.77. The van der Waals surface area contributed by atoms with E-state index in [1.54, 1.807) is 0 Å². The smallest absolute Gasteiger partial charge is 0.148 e. The van der Waals surface area contributed by atoms with Gasteiger partial charge in [0.15, 0.2) is 0 Å². The lowest BCUT2D eigenvalue weighted by Gasteiger charge is -2.27. The average molecular weight is 385 g/mol. The van der Waals surface area contributed by atoms with Crippen LogP contribution in [0.3, 0.4) is 0 Å². The molecule has 8 heteroatoms. The maximum Gasteiger partial charge on any atom is 0.148 e. The topological polar surface area (TPSA) is 75.4 Å². The van der Waals surface area contributed by atoms with E-state index in [4.69, 9.17) is 0 Å². The molecule has 0 aliphatic carbocycles. The summed E-state index contributed by atoms with van der Waals surface area (Å²) in [6, 6.07) is 0. The molecule has 1 aliphatic heterocycles. The summed E-state index contributed by atoms with van der Waals surface area (Å²) in [6.07, 6.45) is 1.26. The van der Waals surface area contributed by atoms with Gasteiger partial charge in [0.25, 0.3) is 0 Å². The highest BCUT2D eigenvalue weighted by Gasteiger charge is 2.22. The second-order valence-corrected chi connectivity index (χ2v) is 7.83. The Kier molecular flexibility index (Phi) is 4.29. The largest absolute Gasteiger partial charge is 0.390 e. The monoisotopic (exact) mass is 385 g/mol. The fraction of sp³-hybridized carbons (Fsp3) is 0.700. The summed E-state index contributed by atoms with van der Waals surface area (Å²) < 4.78 is 25.2. The van der Waals surface area contributed by atoms with Gasteiger partial charge >= 0.3 is 0 Å². The number of halogens is 1. The molecule has 0 amide bonds. The highest BCUT2D eigenvalue weighted by atomic mass is 127. The summed E-state index contributed by atoms with van der Waals surface area (Å²) in [4.78, 5) is 2.11. The highest BCUT2D eigenvalue weighted by molar-refractivity contribution is 14.1. The van der Waals surface area contributed by atoms with Crippen LogP contribution >= 0.6 is 22.6 Å². The first kappa shape index (κ1) is 14.2. The van der Waals surface area contributed by atoms with Crippen molar-refractivity contribution in [1.82, 2.24) is 14.7 Å². The second-order valence-electron chi connectivity index (χ2n) is 4.49. The first-order valence-corrected chi connectivity index (χ1v) is 8.79. The van der Waals surface area contributed by atoms with Crippen molar-refractivity contribution in [2.45, 2.75) is 19.7 Å². The molecule has 0 bridgehead atoms. The van der Waals surface area contributed by atoms with E-state index in [0.29, 0.717) is 18.8 Å². The molecule has 0 saturated heterocycles. The predicted octanol–water partition coefficient (Wildman–Crippen LogP) is -0.160. The van der Waals surface area contributed by atoms with E-state index in [1.807, 2.05) is 4.68 Å². The molecule has 102 valence electrons. The highest BCUT2D eigenvalue weighted by Crippen LogP contribution is 2.22. The molecule has 2 rings (SSSR count). The van der Waals surface area contributed by atoms with Gasteiger partial charge in [-0.2, -0.15) is 5.10 Å². The Labute approximate surface area is 120 Å². The zero-order chi connectivity index (χ0) is 13.3. The van der Waals surface area contributed by atoms with Crippen LogP contribution in [0.4, 0.5) is 0 Å². The van der Waals surface area contributed by atoms with Gasteiger partial charge in [-0.3, -0.25) is 9.58 Å². The Morgan fingerprint density at radius 2 is 2.17 bits per heavy atom. The molecule has 18 heavy (non-hydrogen) atoms. The standard InChI is InChI=1S/C10H16IN3O3S/c1-18(16,17)5-4-13-2-3-14-9(6-13)10(11)8(7-15)12-14/h15H,2-7H2,1H3. The predicted molar refractivity (Wildman–Crippen MR) is 75.9 cm³/mol. The number of aliphatic hydroxyl groups is 1. The van der Waals surface area contributed by atoms with Crippen LogP contribution < -0.4 is 0 Å². The number of hydrogen-bond donors (Lipinski definition) is 1. The molecule has 0 saturated carbocycles. The van der Waals surface area contributed by atoms with E-state index in [9.17, 15) is 13.5 Å². The number of hydrogen-bond acceptors (Lipinski definition) is 5. The molecule has 0 aromatic carbocycles. The van der Waals surface area contributed by atoms with Crippen LogP contribution in [0.5, 0.6) is 0 Å². The molecule has 6 nitrogen and oxygen atoms in total. The van der Waals surface area contributed by atoms with Crippen molar-refractivity contribution < 1.29 is 13.5 Å². The van der Waals surface area contributed by atoms with Crippen molar-refractivity contribution in [3.8, 4) is 0 Å². The van der Waals surface area contributed by atoms with E-state index in [1.165, 1.54) is 6.26 Å². The molecule has 0 spiro atoms. The van der Waals surface area contributed by atoms with E-state index >= 15 is 0 Å². The van der Waals surface area contributed by atoms with Gasteiger partial charge in [0, 0.05) is 25.9 Å². The van der Waals surface area contributed by atoms with Gasteiger partial charge in [-0.25, -0.2) is 8.42 Å². The minimum atomic E-state index is -2.92. The number of aliphatic hydroxyl groups excluding tert-OH is 1. The van der Waals surface area contributed by atoms with Crippen molar-refractivity contribution in [2.24, 2.45) is 0 Å². The number of aromatic nitrogens is 2. The average Bonchev–Trinajstić information content (AvgIpc) is 2.63. The molecule has 1 aromatic rings. The van der Waals surface area contributed by atoms with E-state index in [0.717, 1.165) is 22.4 Å². The Bertz CT molecular complexity index is 541. The molecular formula is C10H16IN3O3S. The summed E-state index contributed by atoms with van der Waals surface area (Å²) in [5, 5.41) is 13.5. The Morgan fingerprint density at radius 3 is 2.78 bits per heavy atom. The Hall–Kier alpha value is -0.190. The molecule has 1 N–H and O–H groups in total. The number of sulfone groups is 1. The van der Waals surface area contributed by atoms with Crippen LogP contribution in [-0.2, 0) is 29.5 Å². The number of nitrogens with zero attached hydrogens (tertiary/aromatic N) is 3. The lowest BCUT2D eigenvalue weighted by atomic mass is 10.3. The molecule has 0 atom stereocenters. The van der Waals surface area contributed by atoms with Gasteiger partial charge < -0.3 is 5.11 Å². The summed E-state index contributed by atoms with van der Waals surface area (Å²) >= 11 is 2.19. The lowest BCUT2D eigenvalue weighted by Crippen LogP contribution is -2.37. The van der Waals surface area contributed by atoms with E-state index in [-0.39, 0.29) is 12.4 Å². The fourth-order valence-corrected chi connectivity index (χ4v) is 3.30. The van der Waals surface area contributed by atoms with Crippen molar-refractivity contribution in [2.75, 3.05) is 25.1 Å². The minimum Gasteiger partial charge on any atom is -0.390 e. The zero-order valence-corrected chi connectivity index (χ0v) is 13.1. The summed E-state index contributed by atoms with van der Waals surface area (Å²) in [5.74, 6) is 0.185. The van der Waals surface area contributed by atoms with E-state index in [2.05, 4.69) is 32.6 Å². The first-order chi connectivity index (χ1) is 8.40. The molecule has 0 radical (unpaired) electrons. The Balaban J connectivity index is 2.07. The SMILES string of the molecule is CS(=O)(=O)CCN1CCn2nc(CO)c(I)c2C1. The molecule has 2 heterocycles. The summed E-state index contributed by atoms with van der Waals surface area (Å²) in [7, 11) is -2.92. The quantitative estimate of drug-likeness (QED) is 0.730. The van der Waals surface area contributed by atoms with Crippen molar-refractivity contribution in [3.63, 3.8) is 0 Å². The van der Waals surface area contributed by atoms with Crippen LogP contribution in [-0.4, -0.2) is 53.3 Å². The number of fused-ring (bicyclic) bond motifs is 1. The third-order valence-electron chi connectivity index (χ3n) is 2.99.